The monoisotopic (exact) mass is 383 g/mol. The summed E-state index contributed by atoms with van der Waals surface area (Å²) in [7, 11) is 3.19. The molecule has 7 nitrogen and oxygen atoms in total. The van der Waals surface area contributed by atoms with Crippen LogP contribution in [0.15, 0.2) is 35.0 Å². The van der Waals surface area contributed by atoms with Crippen LogP contribution in [-0.2, 0) is 6.54 Å². The van der Waals surface area contributed by atoms with E-state index in [0.29, 0.717) is 35.9 Å². The summed E-state index contributed by atoms with van der Waals surface area (Å²) in [6, 6.07) is 7.46. The van der Waals surface area contributed by atoms with Crippen molar-refractivity contribution in [2.75, 3.05) is 20.8 Å². The highest BCUT2D eigenvalue weighted by Gasteiger charge is 2.19. The highest BCUT2D eigenvalue weighted by molar-refractivity contribution is 5.97. The Bertz CT molecular complexity index is 981. The van der Waals surface area contributed by atoms with Gasteiger partial charge in [-0.25, -0.2) is 4.98 Å². The van der Waals surface area contributed by atoms with Crippen LogP contribution in [0, 0.1) is 0 Å². The van der Waals surface area contributed by atoms with Crippen molar-refractivity contribution in [2.45, 2.75) is 33.2 Å². The van der Waals surface area contributed by atoms with Gasteiger partial charge in [0, 0.05) is 19.3 Å². The molecule has 3 rings (SSSR count). The molecule has 0 bridgehead atoms. The van der Waals surface area contributed by atoms with Crippen LogP contribution in [0.3, 0.4) is 0 Å². The van der Waals surface area contributed by atoms with Gasteiger partial charge < -0.3 is 18.9 Å². The summed E-state index contributed by atoms with van der Waals surface area (Å²) >= 11 is 0. The van der Waals surface area contributed by atoms with E-state index in [4.69, 9.17) is 14.0 Å². The molecule has 2 heterocycles. The fourth-order valence-electron chi connectivity index (χ4n) is 3.09. The molecule has 0 aliphatic heterocycles. The minimum absolute atomic E-state index is 0.0948. The molecule has 2 aromatic heterocycles. The molecule has 0 aliphatic rings. The summed E-state index contributed by atoms with van der Waals surface area (Å²) in [6.45, 7) is 7.02. The molecule has 28 heavy (non-hydrogen) atoms. The Morgan fingerprint density at radius 3 is 2.57 bits per heavy atom. The third-order valence-electron chi connectivity index (χ3n) is 4.64. The van der Waals surface area contributed by atoms with Gasteiger partial charge in [-0.3, -0.25) is 4.79 Å². The summed E-state index contributed by atoms with van der Waals surface area (Å²) < 4.78 is 15.9. The number of aromatic nitrogens is 2. The van der Waals surface area contributed by atoms with E-state index in [2.05, 4.69) is 10.1 Å². The summed E-state index contributed by atoms with van der Waals surface area (Å²) in [5, 5.41) is 4.86. The van der Waals surface area contributed by atoms with Gasteiger partial charge in [0.2, 0.25) is 0 Å². The fourth-order valence-corrected chi connectivity index (χ4v) is 3.09. The Hall–Kier alpha value is -3.09. The van der Waals surface area contributed by atoms with Crippen molar-refractivity contribution in [1.29, 1.82) is 0 Å². The summed E-state index contributed by atoms with van der Waals surface area (Å²) in [5.41, 5.74) is 2.72. The molecule has 148 valence electrons. The van der Waals surface area contributed by atoms with Gasteiger partial charge in [0.1, 0.15) is 0 Å². The van der Waals surface area contributed by atoms with Crippen LogP contribution < -0.4 is 9.47 Å². The zero-order chi connectivity index (χ0) is 20.3. The molecule has 1 aromatic carbocycles. The van der Waals surface area contributed by atoms with Crippen molar-refractivity contribution in [3.63, 3.8) is 0 Å². The molecular weight excluding hydrogens is 358 g/mol. The number of fused-ring (bicyclic) bond motifs is 1. The second kappa shape index (κ2) is 8.29. The average Bonchev–Trinajstić information content (AvgIpc) is 3.14. The van der Waals surface area contributed by atoms with Crippen molar-refractivity contribution in [2.24, 2.45) is 0 Å². The predicted octanol–water partition coefficient (Wildman–Crippen LogP) is 4.03. The van der Waals surface area contributed by atoms with Gasteiger partial charge in [0.05, 0.1) is 30.9 Å². The Morgan fingerprint density at radius 1 is 1.18 bits per heavy atom. The topological polar surface area (TPSA) is 77.7 Å². The first-order valence-corrected chi connectivity index (χ1v) is 9.24. The highest BCUT2D eigenvalue weighted by atomic mass is 16.5. The van der Waals surface area contributed by atoms with Gasteiger partial charge in [-0.05, 0) is 36.6 Å². The number of ether oxygens (including phenoxy) is 2. The van der Waals surface area contributed by atoms with Crippen LogP contribution in [0.5, 0.6) is 11.5 Å². The number of hydrogen-bond acceptors (Lipinski definition) is 6. The number of carbonyl (C=O) groups is 1. The first-order chi connectivity index (χ1) is 13.5. The molecule has 0 radical (unpaired) electrons. The molecule has 1 amide bonds. The lowest BCUT2D eigenvalue weighted by atomic mass is 10.1. The van der Waals surface area contributed by atoms with E-state index in [9.17, 15) is 4.79 Å². The first-order valence-electron chi connectivity index (χ1n) is 9.24. The second-order valence-corrected chi connectivity index (χ2v) is 6.81. The fraction of sp³-hybridized carbons (Fsp3) is 0.381. The molecule has 0 aliphatic carbocycles. The third-order valence-corrected chi connectivity index (χ3v) is 4.64. The van der Waals surface area contributed by atoms with Crippen molar-refractivity contribution in [3.05, 3.63) is 47.3 Å². The van der Waals surface area contributed by atoms with E-state index >= 15 is 0 Å². The van der Waals surface area contributed by atoms with Gasteiger partial charge in [-0.15, -0.1) is 0 Å². The normalized spacial score (nSPS) is 11.1. The molecular formula is C21H25N3O4. The molecule has 3 aromatic rings. The van der Waals surface area contributed by atoms with Crippen LogP contribution in [0.2, 0.25) is 0 Å². The maximum absolute atomic E-state index is 13.1. The van der Waals surface area contributed by atoms with Crippen molar-refractivity contribution < 1.29 is 18.8 Å². The number of amides is 1. The highest BCUT2D eigenvalue weighted by Crippen LogP contribution is 2.28. The van der Waals surface area contributed by atoms with E-state index in [0.717, 1.165) is 16.6 Å². The lowest BCUT2D eigenvalue weighted by Crippen LogP contribution is -2.30. The Balaban J connectivity index is 1.87. The zero-order valence-electron chi connectivity index (χ0n) is 16.9. The van der Waals surface area contributed by atoms with Crippen LogP contribution in [0.25, 0.3) is 11.1 Å². The quantitative estimate of drug-likeness (QED) is 0.613. The van der Waals surface area contributed by atoms with E-state index in [1.165, 1.54) is 6.20 Å². The van der Waals surface area contributed by atoms with E-state index in [1.54, 1.807) is 19.1 Å². The Labute approximate surface area is 164 Å². The number of benzene rings is 1. The van der Waals surface area contributed by atoms with Crippen molar-refractivity contribution in [1.82, 2.24) is 15.0 Å². The number of hydrogen-bond donors (Lipinski definition) is 0. The van der Waals surface area contributed by atoms with Crippen LogP contribution in [0.1, 0.15) is 48.3 Å². The lowest BCUT2D eigenvalue weighted by molar-refractivity contribution is 0.0752. The van der Waals surface area contributed by atoms with Gasteiger partial charge in [-0.1, -0.05) is 25.1 Å². The molecule has 0 saturated heterocycles. The van der Waals surface area contributed by atoms with Gasteiger partial charge in [-0.2, -0.15) is 0 Å². The van der Waals surface area contributed by atoms with Gasteiger partial charge in [0.15, 0.2) is 11.5 Å². The van der Waals surface area contributed by atoms with Crippen molar-refractivity contribution >= 4 is 17.0 Å². The molecule has 7 heteroatoms. The minimum atomic E-state index is -0.0948. The third kappa shape index (κ3) is 3.78. The molecule has 0 saturated carbocycles. The number of rotatable bonds is 7. The van der Waals surface area contributed by atoms with Crippen LogP contribution in [-0.4, -0.2) is 41.7 Å². The van der Waals surface area contributed by atoms with Crippen molar-refractivity contribution in [3.8, 4) is 11.5 Å². The predicted molar refractivity (Wildman–Crippen MR) is 106 cm³/mol. The maximum atomic E-state index is 13.1. The van der Waals surface area contributed by atoms with Crippen LogP contribution >= 0.6 is 0 Å². The molecule has 0 unspecified atom stereocenters. The average molecular weight is 383 g/mol. The lowest BCUT2D eigenvalue weighted by Gasteiger charge is -2.21. The number of nitrogens with zero attached hydrogens (tertiary/aromatic N) is 3. The van der Waals surface area contributed by atoms with E-state index < -0.39 is 0 Å². The van der Waals surface area contributed by atoms with Gasteiger partial charge in [0.25, 0.3) is 11.6 Å². The van der Waals surface area contributed by atoms with Crippen LogP contribution in [0.4, 0.5) is 0 Å². The largest absolute Gasteiger partial charge is 0.493 e. The SMILES string of the molecule is CCN(Cc1ccc(OC)c(OC)c1)C(=O)c1cnc2onc(C(C)C)c2c1. The second-order valence-electron chi connectivity index (χ2n) is 6.81. The summed E-state index contributed by atoms with van der Waals surface area (Å²) in [4.78, 5) is 19.1. The Kier molecular flexibility index (Phi) is 5.82. The molecule has 0 atom stereocenters. The van der Waals surface area contributed by atoms with E-state index in [1.807, 2.05) is 45.0 Å². The Morgan fingerprint density at radius 2 is 1.93 bits per heavy atom. The minimum Gasteiger partial charge on any atom is -0.493 e. The number of carbonyl (C=O) groups excluding carboxylic acids is 1. The molecule has 0 spiro atoms. The summed E-state index contributed by atoms with van der Waals surface area (Å²) in [5.74, 6) is 1.38. The zero-order valence-corrected chi connectivity index (χ0v) is 16.9. The number of pyridine rings is 1. The van der Waals surface area contributed by atoms with Gasteiger partial charge >= 0.3 is 0 Å². The molecule has 0 fully saturated rings. The first kappa shape index (κ1) is 19.7. The molecule has 0 N–H and O–H groups in total. The standard InChI is InChI=1S/C21H25N3O4/c1-6-24(12-14-7-8-17(26-4)18(9-14)27-5)21(25)15-10-16-19(13(2)3)23-28-20(16)22-11-15/h7-11,13H,6,12H2,1-5H3. The maximum Gasteiger partial charge on any atom is 0.257 e. The van der Waals surface area contributed by atoms with E-state index in [-0.39, 0.29) is 11.8 Å². The summed E-state index contributed by atoms with van der Waals surface area (Å²) in [6.07, 6.45) is 1.54. The number of methoxy groups -OCH3 is 2. The smallest absolute Gasteiger partial charge is 0.257 e.